The van der Waals surface area contributed by atoms with E-state index in [4.69, 9.17) is 11.6 Å². The molecule has 1 heterocycles. The van der Waals surface area contributed by atoms with E-state index in [2.05, 4.69) is 14.9 Å². The van der Waals surface area contributed by atoms with Crippen molar-refractivity contribution in [3.8, 4) is 22.5 Å². The lowest BCUT2D eigenvalue weighted by Crippen LogP contribution is -2.04. The van der Waals surface area contributed by atoms with Gasteiger partial charge in [0.25, 0.3) is 0 Å². The second-order valence-electron chi connectivity index (χ2n) is 5.43. The minimum absolute atomic E-state index is 0.175. The average molecular weight is 381 g/mol. The molecule has 0 spiro atoms. The topological polar surface area (TPSA) is 55.0 Å². The molecule has 0 saturated heterocycles. The summed E-state index contributed by atoms with van der Waals surface area (Å²) in [6.45, 7) is 0. The Balaban J connectivity index is 1.94. The van der Waals surface area contributed by atoms with Crippen LogP contribution in [0.2, 0.25) is 5.02 Å². The van der Waals surface area contributed by atoms with Crippen LogP contribution in [0.4, 0.5) is 13.2 Å². The maximum Gasteiger partial charge on any atom is 0.416 e. The van der Waals surface area contributed by atoms with Crippen LogP contribution in [0.15, 0.2) is 48.5 Å². The Hall–Kier alpha value is -2.80. The Bertz CT molecular complexity index is 950. The second-order valence-corrected chi connectivity index (χ2v) is 5.84. The highest BCUT2D eigenvalue weighted by Crippen LogP contribution is 2.36. The number of aromatic amines is 1. The Morgan fingerprint density at radius 1 is 1.12 bits per heavy atom. The van der Waals surface area contributed by atoms with Gasteiger partial charge in [-0.2, -0.15) is 18.3 Å². The fourth-order valence-electron chi connectivity index (χ4n) is 2.41. The second kappa shape index (κ2) is 6.84. The lowest BCUT2D eigenvalue weighted by Gasteiger charge is -2.09. The zero-order chi connectivity index (χ0) is 18.9. The van der Waals surface area contributed by atoms with E-state index in [-0.39, 0.29) is 10.6 Å². The number of rotatable bonds is 3. The molecule has 0 aliphatic rings. The molecular formula is C18H12ClF3N2O2. The van der Waals surface area contributed by atoms with Crippen LogP contribution >= 0.6 is 11.6 Å². The predicted molar refractivity (Wildman–Crippen MR) is 90.8 cm³/mol. The minimum Gasteiger partial charge on any atom is -0.465 e. The SMILES string of the molecule is COC(=O)c1ccc(-c2cc(-c3cc(C(F)(F)F)ccc3Cl)[nH]n2)cc1. The van der Waals surface area contributed by atoms with Gasteiger partial charge in [-0.3, -0.25) is 5.10 Å². The number of esters is 1. The van der Waals surface area contributed by atoms with E-state index in [1.807, 2.05) is 0 Å². The lowest BCUT2D eigenvalue weighted by molar-refractivity contribution is -0.137. The summed E-state index contributed by atoms with van der Waals surface area (Å²) < 4.78 is 43.4. The highest BCUT2D eigenvalue weighted by molar-refractivity contribution is 6.33. The quantitative estimate of drug-likeness (QED) is 0.635. The number of H-pyrrole nitrogens is 1. The van der Waals surface area contributed by atoms with E-state index < -0.39 is 17.7 Å². The third-order valence-electron chi connectivity index (χ3n) is 3.76. The fourth-order valence-corrected chi connectivity index (χ4v) is 2.63. The summed E-state index contributed by atoms with van der Waals surface area (Å²) in [7, 11) is 1.29. The summed E-state index contributed by atoms with van der Waals surface area (Å²) in [5.74, 6) is -0.463. The first kappa shape index (κ1) is 18.0. The minimum atomic E-state index is -4.47. The van der Waals surface area contributed by atoms with Gasteiger partial charge in [0.05, 0.1) is 29.6 Å². The normalized spacial score (nSPS) is 11.4. The maximum absolute atomic E-state index is 12.9. The van der Waals surface area contributed by atoms with Gasteiger partial charge in [-0.1, -0.05) is 23.7 Å². The number of aromatic nitrogens is 2. The van der Waals surface area contributed by atoms with Crippen molar-refractivity contribution in [3.63, 3.8) is 0 Å². The highest BCUT2D eigenvalue weighted by atomic mass is 35.5. The summed E-state index contributed by atoms with van der Waals surface area (Å²) in [4.78, 5) is 11.5. The van der Waals surface area contributed by atoms with Crippen LogP contribution in [0.3, 0.4) is 0 Å². The van der Waals surface area contributed by atoms with E-state index in [0.29, 0.717) is 22.5 Å². The number of methoxy groups -OCH3 is 1. The van der Waals surface area contributed by atoms with Gasteiger partial charge in [0.1, 0.15) is 0 Å². The number of halogens is 4. The molecule has 0 saturated carbocycles. The molecule has 0 amide bonds. The summed E-state index contributed by atoms with van der Waals surface area (Å²) in [6, 6.07) is 11.2. The maximum atomic E-state index is 12.9. The van der Waals surface area contributed by atoms with Crippen molar-refractivity contribution < 1.29 is 22.7 Å². The van der Waals surface area contributed by atoms with Gasteiger partial charge < -0.3 is 4.74 Å². The summed E-state index contributed by atoms with van der Waals surface area (Å²) in [5.41, 5.74) is 1.33. The molecule has 3 aromatic rings. The van der Waals surface area contributed by atoms with E-state index in [1.165, 1.54) is 13.2 Å². The lowest BCUT2D eigenvalue weighted by atomic mass is 10.1. The monoisotopic (exact) mass is 380 g/mol. The van der Waals surface area contributed by atoms with Crippen LogP contribution < -0.4 is 0 Å². The van der Waals surface area contributed by atoms with E-state index in [9.17, 15) is 18.0 Å². The van der Waals surface area contributed by atoms with Crippen molar-refractivity contribution in [1.82, 2.24) is 10.2 Å². The number of carbonyl (C=O) groups excluding carboxylic acids is 1. The molecular weight excluding hydrogens is 369 g/mol. The summed E-state index contributed by atoms with van der Waals surface area (Å²) in [5, 5.41) is 6.98. The van der Waals surface area contributed by atoms with Gasteiger partial charge in [-0.15, -0.1) is 0 Å². The Kier molecular flexibility index (Phi) is 4.73. The number of nitrogens with one attached hydrogen (secondary N) is 1. The summed E-state index contributed by atoms with van der Waals surface area (Å²) in [6.07, 6.45) is -4.47. The average Bonchev–Trinajstić information content (AvgIpc) is 3.10. The molecule has 4 nitrogen and oxygen atoms in total. The molecule has 134 valence electrons. The van der Waals surface area contributed by atoms with E-state index in [1.54, 1.807) is 30.3 Å². The third-order valence-corrected chi connectivity index (χ3v) is 4.09. The fraction of sp³-hybridized carbons (Fsp3) is 0.111. The molecule has 3 rings (SSSR count). The predicted octanol–water partition coefficient (Wildman–Crippen LogP) is 5.20. The molecule has 0 unspecified atom stereocenters. The molecule has 26 heavy (non-hydrogen) atoms. The van der Waals surface area contributed by atoms with Crippen molar-refractivity contribution in [1.29, 1.82) is 0 Å². The third kappa shape index (κ3) is 3.57. The number of nitrogens with zero attached hydrogens (tertiary/aromatic N) is 1. The molecule has 0 radical (unpaired) electrons. The van der Waals surface area contributed by atoms with Crippen LogP contribution in [-0.4, -0.2) is 23.3 Å². The molecule has 0 aliphatic carbocycles. The van der Waals surface area contributed by atoms with Gasteiger partial charge >= 0.3 is 12.1 Å². The van der Waals surface area contributed by atoms with Crippen molar-refractivity contribution in [2.45, 2.75) is 6.18 Å². The van der Waals surface area contributed by atoms with Gasteiger partial charge in [0.15, 0.2) is 0 Å². The standard InChI is InChI=1S/C18H12ClF3N2O2/c1-26-17(25)11-4-2-10(3-5-11)15-9-16(24-23-15)13-8-12(18(20,21)22)6-7-14(13)19/h2-9H,1H3,(H,23,24). The molecule has 8 heteroatoms. The molecule has 2 aromatic carbocycles. The van der Waals surface area contributed by atoms with E-state index >= 15 is 0 Å². The molecule has 0 bridgehead atoms. The first-order valence-corrected chi connectivity index (χ1v) is 7.78. The molecule has 1 aromatic heterocycles. The first-order chi connectivity index (χ1) is 12.3. The smallest absolute Gasteiger partial charge is 0.416 e. The van der Waals surface area contributed by atoms with Gasteiger partial charge in [-0.25, -0.2) is 4.79 Å². The van der Waals surface area contributed by atoms with Crippen LogP contribution in [0, 0.1) is 0 Å². The summed E-state index contributed by atoms with van der Waals surface area (Å²) >= 11 is 6.04. The number of hydrogen-bond acceptors (Lipinski definition) is 3. The van der Waals surface area contributed by atoms with Crippen molar-refractivity contribution in [3.05, 3.63) is 64.7 Å². The Morgan fingerprint density at radius 3 is 2.42 bits per heavy atom. The Labute approximate surface area is 151 Å². The van der Waals surface area contributed by atoms with Gasteiger partial charge in [-0.05, 0) is 36.4 Å². The number of ether oxygens (including phenoxy) is 1. The van der Waals surface area contributed by atoms with Crippen LogP contribution in [-0.2, 0) is 10.9 Å². The zero-order valence-corrected chi connectivity index (χ0v) is 14.2. The van der Waals surface area contributed by atoms with Crippen molar-refractivity contribution in [2.75, 3.05) is 7.11 Å². The largest absolute Gasteiger partial charge is 0.465 e. The molecule has 0 fully saturated rings. The van der Waals surface area contributed by atoms with Crippen molar-refractivity contribution in [2.24, 2.45) is 0 Å². The highest BCUT2D eigenvalue weighted by Gasteiger charge is 2.31. The van der Waals surface area contributed by atoms with Gasteiger partial charge in [0.2, 0.25) is 0 Å². The van der Waals surface area contributed by atoms with Crippen LogP contribution in [0.1, 0.15) is 15.9 Å². The molecule has 1 N–H and O–H groups in total. The zero-order valence-electron chi connectivity index (χ0n) is 13.4. The van der Waals surface area contributed by atoms with Gasteiger partial charge in [0, 0.05) is 16.1 Å². The molecule has 0 atom stereocenters. The number of carbonyl (C=O) groups is 1. The number of alkyl halides is 3. The van der Waals surface area contributed by atoms with E-state index in [0.717, 1.165) is 12.1 Å². The Morgan fingerprint density at radius 2 is 1.81 bits per heavy atom. The van der Waals surface area contributed by atoms with Crippen molar-refractivity contribution >= 4 is 17.6 Å². The first-order valence-electron chi connectivity index (χ1n) is 7.41. The number of hydrogen-bond donors (Lipinski definition) is 1. The number of benzene rings is 2. The van der Waals surface area contributed by atoms with Crippen LogP contribution in [0.25, 0.3) is 22.5 Å². The molecule has 0 aliphatic heterocycles. The van der Waals surface area contributed by atoms with Crippen LogP contribution in [0.5, 0.6) is 0 Å².